The molecule has 0 radical (unpaired) electrons. The van der Waals surface area contributed by atoms with Gasteiger partial charge in [-0.3, -0.25) is 0 Å². The van der Waals surface area contributed by atoms with E-state index in [0.717, 1.165) is 28.1 Å². The molecule has 0 spiro atoms. The summed E-state index contributed by atoms with van der Waals surface area (Å²) in [6, 6.07) is 12.1. The van der Waals surface area contributed by atoms with Gasteiger partial charge in [0.15, 0.2) is 0 Å². The molecular formula is C12H13BrClNO. The van der Waals surface area contributed by atoms with Crippen molar-refractivity contribution in [1.29, 1.82) is 0 Å². The summed E-state index contributed by atoms with van der Waals surface area (Å²) in [5.41, 5.74) is 1.10. The van der Waals surface area contributed by atoms with Crippen LogP contribution in [0.3, 0.4) is 0 Å². The maximum absolute atomic E-state index is 5.67. The summed E-state index contributed by atoms with van der Waals surface area (Å²) in [5.74, 6) is 1.86. The number of nitrogens with one attached hydrogen (secondary N) is 1. The number of halogens is 2. The van der Waals surface area contributed by atoms with E-state index in [-0.39, 0.29) is 12.4 Å². The predicted molar refractivity (Wildman–Crippen MR) is 71.9 cm³/mol. The standard InChI is InChI=1S/C12H12BrNO.ClH/c1-14-8-11-6-7-12(15-11)9-2-4-10(13)5-3-9;/h2-7,14H,8H2,1H3;1H. The molecule has 4 heteroatoms. The monoisotopic (exact) mass is 301 g/mol. The summed E-state index contributed by atoms with van der Waals surface area (Å²) in [6.45, 7) is 0.760. The van der Waals surface area contributed by atoms with Gasteiger partial charge in [0.2, 0.25) is 0 Å². The first-order valence-electron chi connectivity index (χ1n) is 4.79. The number of furan rings is 1. The molecule has 0 aliphatic rings. The topological polar surface area (TPSA) is 25.2 Å². The third-order valence-corrected chi connectivity index (χ3v) is 2.67. The van der Waals surface area contributed by atoms with Crippen molar-refractivity contribution in [2.75, 3.05) is 7.05 Å². The SMILES string of the molecule is CNCc1ccc(-c2ccc(Br)cc2)o1.Cl. The molecule has 1 N–H and O–H groups in total. The van der Waals surface area contributed by atoms with Crippen LogP contribution < -0.4 is 5.32 Å². The second-order valence-corrected chi connectivity index (χ2v) is 4.22. The number of hydrogen-bond donors (Lipinski definition) is 1. The van der Waals surface area contributed by atoms with Gasteiger partial charge < -0.3 is 9.73 Å². The zero-order valence-electron chi connectivity index (χ0n) is 8.87. The third kappa shape index (κ3) is 3.11. The molecule has 1 aromatic heterocycles. The predicted octanol–water partition coefficient (Wildman–Crippen LogP) is 3.85. The summed E-state index contributed by atoms with van der Waals surface area (Å²) < 4.78 is 6.75. The summed E-state index contributed by atoms with van der Waals surface area (Å²) in [7, 11) is 1.90. The Labute approximate surface area is 110 Å². The largest absolute Gasteiger partial charge is 0.460 e. The molecular weight excluding hydrogens is 289 g/mol. The first-order valence-corrected chi connectivity index (χ1v) is 5.58. The van der Waals surface area contributed by atoms with Gasteiger partial charge in [-0.1, -0.05) is 28.1 Å². The van der Waals surface area contributed by atoms with Gasteiger partial charge in [-0.2, -0.15) is 0 Å². The average molecular weight is 303 g/mol. The van der Waals surface area contributed by atoms with Crippen molar-refractivity contribution in [3.8, 4) is 11.3 Å². The second kappa shape index (κ2) is 6.09. The molecule has 0 unspecified atom stereocenters. The van der Waals surface area contributed by atoms with E-state index in [1.54, 1.807) is 0 Å². The molecule has 0 saturated carbocycles. The van der Waals surface area contributed by atoms with Crippen LogP contribution >= 0.6 is 28.3 Å². The first kappa shape index (κ1) is 13.3. The van der Waals surface area contributed by atoms with Crippen LogP contribution in [0.15, 0.2) is 45.3 Å². The van der Waals surface area contributed by atoms with Crippen molar-refractivity contribution in [2.45, 2.75) is 6.54 Å². The molecule has 0 atom stereocenters. The quantitative estimate of drug-likeness (QED) is 0.931. The second-order valence-electron chi connectivity index (χ2n) is 3.30. The molecule has 0 aliphatic heterocycles. The van der Waals surface area contributed by atoms with Crippen molar-refractivity contribution >= 4 is 28.3 Å². The highest BCUT2D eigenvalue weighted by atomic mass is 79.9. The van der Waals surface area contributed by atoms with Crippen LogP contribution in [0.4, 0.5) is 0 Å². The van der Waals surface area contributed by atoms with Gasteiger partial charge in [-0.05, 0) is 31.3 Å². The normalized spacial score (nSPS) is 9.88. The fourth-order valence-electron chi connectivity index (χ4n) is 1.42. The highest BCUT2D eigenvalue weighted by molar-refractivity contribution is 9.10. The number of hydrogen-bond acceptors (Lipinski definition) is 2. The molecule has 2 nitrogen and oxygen atoms in total. The molecule has 2 rings (SSSR count). The lowest BCUT2D eigenvalue weighted by Gasteiger charge is -1.97. The van der Waals surface area contributed by atoms with Gasteiger partial charge in [0.1, 0.15) is 11.5 Å². The van der Waals surface area contributed by atoms with Gasteiger partial charge in [0.05, 0.1) is 6.54 Å². The van der Waals surface area contributed by atoms with E-state index in [9.17, 15) is 0 Å². The number of benzene rings is 1. The summed E-state index contributed by atoms with van der Waals surface area (Å²) in [6.07, 6.45) is 0. The van der Waals surface area contributed by atoms with Crippen molar-refractivity contribution in [2.24, 2.45) is 0 Å². The van der Waals surface area contributed by atoms with Crippen LogP contribution in [0, 0.1) is 0 Å². The molecule has 0 fully saturated rings. The minimum absolute atomic E-state index is 0. The molecule has 2 aromatic rings. The minimum atomic E-state index is 0. The van der Waals surface area contributed by atoms with E-state index < -0.39 is 0 Å². The van der Waals surface area contributed by atoms with E-state index in [0.29, 0.717) is 0 Å². The maximum atomic E-state index is 5.67. The molecule has 0 bridgehead atoms. The van der Waals surface area contributed by atoms with Gasteiger partial charge in [0.25, 0.3) is 0 Å². The fraction of sp³-hybridized carbons (Fsp3) is 0.167. The van der Waals surface area contributed by atoms with Crippen LogP contribution in [0.5, 0.6) is 0 Å². The smallest absolute Gasteiger partial charge is 0.134 e. The van der Waals surface area contributed by atoms with E-state index >= 15 is 0 Å². The third-order valence-electron chi connectivity index (χ3n) is 2.14. The lowest BCUT2D eigenvalue weighted by Crippen LogP contribution is -2.03. The van der Waals surface area contributed by atoms with Crippen LogP contribution in [-0.2, 0) is 6.54 Å². The van der Waals surface area contributed by atoms with Gasteiger partial charge in [-0.15, -0.1) is 12.4 Å². The minimum Gasteiger partial charge on any atom is -0.460 e. The molecule has 86 valence electrons. The summed E-state index contributed by atoms with van der Waals surface area (Å²) in [5, 5.41) is 3.06. The molecule has 0 aliphatic carbocycles. The molecule has 0 amide bonds. The maximum Gasteiger partial charge on any atom is 0.134 e. The molecule has 1 heterocycles. The Bertz CT molecular complexity index is 439. The number of rotatable bonds is 3. The van der Waals surface area contributed by atoms with E-state index in [2.05, 4.69) is 21.2 Å². The van der Waals surface area contributed by atoms with Gasteiger partial charge in [-0.25, -0.2) is 0 Å². The molecule has 16 heavy (non-hydrogen) atoms. The Morgan fingerprint density at radius 3 is 2.44 bits per heavy atom. The van der Waals surface area contributed by atoms with E-state index in [1.807, 2.05) is 43.4 Å². The van der Waals surface area contributed by atoms with Crippen molar-refractivity contribution < 1.29 is 4.42 Å². The zero-order chi connectivity index (χ0) is 10.7. The average Bonchev–Trinajstić information content (AvgIpc) is 2.68. The fourth-order valence-corrected chi connectivity index (χ4v) is 1.68. The van der Waals surface area contributed by atoms with E-state index in [1.165, 1.54) is 0 Å². The molecule has 1 aromatic carbocycles. The Morgan fingerprint density at radius 1 is 1.12 bits per heavy atom. The van der Waals surface area contributed by atoms with Crippen molar-refractivity contribution in [3.63, 3.8) is 0 Å². The first-order chi connectivity index (χ1) is 7.29. The van der Waals surface area contributed by atoms with Crippen molar-refractivity contribution in [1.82, 2.24) is 5.32 Å². The zero-order valence-corrected chi connectivity index (χ0v) is 11.3. The summed E-state index contributed by atoms with van der Waals surface area (Å²) in [4.78, 5) is 0. The van der Waals surface area contributed by atoms with E-state index in [4.69, 9.17) is 4.42 Å². The van der Waals surface area contributed by atoms with Crippen LogP contribution in [0.1, 0.15) is 5.76 Å². The lowest BCUT2D eigenvalue weighted by atomic mass is 10.2. The van der Waals surface area contributed by atoms with Gasteiger partial charge in [0, 0.05) is 10.0 Å². The lowest BCUT2D eigenvalue weighted by molar-refractivity contribution is 0.507. The Kier molecular flexibility index (Phi) is 5.06. The van der Waals surface area contributed by atoms with Crippen molar-refractivity contribution in [3.05, 3.63) is 46.6 Å². The Morgan fingerprint density at radius 2 is 1.81 bits per heavy atom. The Balaban J connectivity index is 0.00000128. The van der Waals surface area contributed by atoms with Crippen LogP contribution in [-0.4, -0.2) is 7.05 Å². The highest BCUT2D eigenvalue weighted by Crippen LogP contribution is 2.23. The highest BCUT2D eigenvalue weighted by Gasteiger charge is 2.03. The Hall–Kier alpha value is -0.770. The molecule has 0 saturated heterocycles. The van der Waals surface area contributed by atoms with Crippen LogP contribution in [0.2, 0.25) is 0 Å². The van der Waals surface area contributed by atoms with Gasteiger partial charge >= 0.3 is 0 Å². The van der Waals surface area contributed by atoms with Crippen LogP contribution in [0.25, 0.3) is 11.3 Å². The summed E-state index contributed by atoms with van der Waals surface area (Å²) >= 11 is 3.41.